The zero-order valence-corrected chi connectivity index (χ0v) is 14.1. The van der Waals surface area contributed by atoms with Crippen LogP contribution in [0, 0.1) is 19.7 Å². The van der Waals surface area contributed by atoms with E-state index >= 15 is 0 Å². The van der Waals surface area contributed by atoms with E-state index in [0.29, 0.717) is 5.02 Å². The summed E-state index contributed by atoms with van der Waals surface area (Å²) >= 11 is 7.87. The molecule has 2 rings (SSSR count). The van der Waals surface area contributed by atoms with Crippen LogP contribution in [0.5, 0.6) is 0 Å². The Morgan fingerprint density at radius 1 is 1.33 bits per heavy atom. The van der Waals surface area contributed by atoms with Gasteiger partial charge in [-0.25, -0.2) is 9.37 Å². The highest BCUT2D eigenvalue weighted by Crippen LogP contribution is 2.22. The first-order valence-corrected chi connectivity index (χ1v) is 8.29. The maximum Gasteiger partial charge on any atom is 0.124 e. The smallest absolute Gasteiger partial charge is 0.124 e. The van der Waals surface area contributed by atoms with Crippen molar-refractivity contribution >= 4 is 22.9 Å². The molecular formula is C16H20ClFN2S. The van der Waals surface area contributed by atoms with Crippen LogP contribution in [0.1, 0.15) is 28.1 Å². The number of likely N-dealkylation sites (N-methyl/N-ethyl adjacent to an activating group) is 1. The fourth-order valence-electron chi connectivity index (χ4n) is 2.30. The van der Waals surface area contributed by atoms with Crippen LogP contribution in [-0.2, 0) is 12.8 Å². The number of aromatic nitrogens is 1. The molecule has 1 aromatic carbocycles. The van der Waals surface area contributed by atoms with Crippen molar-refractivity contribution in [3.05, 3.63) is 50.2 Å². The Balaban J connectivity index is 2.11. The molecule has 0 bridgehead atoms. The number of hydrogen-bond acceptors (Lipinski definition) is 3. The van der Waals surface area contributed by atoms with E-state index in [9.17, 15) is 4.39 Å². The summed E-state index contributed by atoms with van der Waals surface area (Å²) in [4.78, 5) is 5.86. The Labute approximate surface area is 134 Å². The third-order valence-corrected chi connectivity index (χ3v) is 4.92. The van der Waals surface area contributed by atoms with Crippen molar-refractivity contribution in [1.82, 2.24) is 10.3 Å². The van der Waals surface area contributed by atoms with E-state index in [4.69, 9.17) is 11.6 Å². The summed E-state index contributed by atoms with van der Waals surface area (Å²) in [5, 5.41) is 5.09. The summed E-state index contributed by atoms with van der Waals surface area (Å²) in [6, 6.07) is 4.85. The minimum atomic E-state index is -0.296. The van der Waals surface area contributed by atoms with Crippen molar-refractivity contribution in [2.24, 2.45) is 0 Å². The van der Waals surface area contributed by atoms with Crippen molar-refractivity contribution in [2.75, 3.05) is 6.54 Å². The van der Waals surface area contributed by atoms with Gasteiger partial charge in [0.1, 0.15) is 5.82 Å². The number of thiazole rings is 1. The number of benzene rings is 1. The SMILES string of the molecule is CCNC(Cc1nc(C)c(C)s1)Cc1ccc(F)cc1Cl. The molecule has 1 aromatic heterocycles. The normalized spacial score (nSPS) is 12.6. The van der Waals surface area contributed by atoms with Crippen molar-refractivity contribution in [3.8, 4) is 0 Å². The number of halogens is 2. The van der Waals surface area contributed by atoms with E-state index in [1.165, 1.54) is 17.0 Å². The summed E-state index contributed by atoms with van der Waals surface area (Å²) in [6.45, 7) is 7.09. The molecular weight excluding hydrogens is 307 g/mol. The van der Waals surface area contributed by atoms with Crippen LogP contribution in [0.2, 0.25) is 5.02 Å². The van der Waals surface area contributed by atoms with E-state index in [1.54, 1.807) is 17.4 Å². The Bertz CT molecular complexity index is 593. The Hall–Kier alpha value is -0.970. The van der Waals surface area contributed by atoms with Gasteiger partial charge < -0.3 is 5.32 Å². The molecule has 0 aliphatic rings. The molecule has 0 amide bonds. The lowest BCUT2D eigenvalue weighted by Crippen LogP contribution is -2.33. The second kappa shape index (κ2) is 7.34. The van der Waals surface area contributed by atoms with Crippen LogP contribution in [0.4, 0.5) is 4.39 Å². The second-order valence-electron chi connectivity index (χ2n) is 5.15. The molecule has 0 saturated carbocycles. The second-order valence-corrected chi connectivity index (χ2v) is 6.84. The van der Waals surface area contributed by atoms with Gasteiger partial charge in [0, 0.05) is 22.4 Å². The first-order chi connectivity index (χ1) is 9.99. The molecule has 2 nitrogen and oxygen atoms in total. The van der Waals surface area contributed by atoms with Crippen LogP contribution in [0.15, 0.2) is 18.2 Å². The molecule has 2 aromatic rings. The van der Waals surface area contributed by atoms with Crippen LogP contribution in [0.25, 0.3) is 0 Å². The van der Waals surface area contributed by atoms with E-state index in [-0.39, 0.29) is 11.9 Å². The third kappa shape index (κ3) is 4.50. The van der Waals surface area contributed by atoms with E-state index in [2.05, 4.69) is 24.1 Å². The first kappa shape index (κ1) is 16.4. The average Bonchev–Trinajstić information content (AvgIpc) is 2.72. The molecule has 114 valence electrons. The maximum atomic E-state index is 13.1. The number of nitrogens with zero attached hydrogens (tertiary/aromatic N) is 1. The maximum absolute atomic E-state index is 13.1. The van der Waals surface area contributed by atoms with Gasteiger partial charge in [0.15, 0.2) is 0 Å². The monoisotopic (exact) mass is 326 g/mol. The van der Waals surface area contributed by atoms with E-state index in [0.717, 1.165) is 35.7 Å². The zero-order valence-electron chi connectivity index (χ0n) is 12.5. The van der Waals surface area contributed by atoms with Gasteiger partial charge >= 0.3 is 0 Å². The van der Waals surface area contributed by atoms with Gasteiger partial charge in [-0.15, -0.1) is 11.3 Å². The van der Waals surface area contributed by atoms with Gasteiger partial charge in [-0.05, 0) is 44.5 Å². The molecule has 0 radical (unpaired) electrons. The summed E-state index contributed by atoms with van der Waals surface area (Å²) in [5.74, 6) is -0.296. The summed E-state index contributed by atoms with van der Waals surface area (Å²) < 4.78 is 13.1. The molecule has 5 heteroatoms. The molecule has 1 unspecified atom stereocenters. The van der Waals surface area contributed by atoms with Crippen molar-refractivity contribution in [1.29, 1.82) is 0 Å². The molecule has 0 aliphatic heterocycles. The topological polar surface area (TPSA) is 24.9 Å². The highest BCUT2D eigenvalue weighted by Gasteiger charge is 2.15. The van der Waals surface area contributed by atoms with Crippen LogP contribution in [0.3, 0.4) is 0 Å². The van der Waals surface area contributed by atoms with Crippen molar-refractivity contribution < 1.29 is 4.39 Å². The minimum Gasteiger partial charge on any atom is -0.314 e. The number of nitrogens with one attached hydrogen (secondary N) is 1. The first-order valence-electron chi connectivity index (χ1n) is 7.09. The van der Waals surface area contributed by atoms with Crippen LogP contribution in [-0.4, -0.2) is 17.6 Å². The predicted octanol–water partition coefficient (Wildman–Crippen LogP) is 4.32. The van der Waals surface area contributed by atoms with Gasteiger partial charge in [0.25, 0.3) is 0 Å². The highest BCUT2D eigenvalue weighted by atomic mass is 35.5. The Kier molecular flexibility index (Phi) is 5.73. The van der Waals surface area contributed by atoms with Crippen LogP contribution >= 0.6 is 22.9 Å². The Morgan fingerprint density at radius 2 is 2.10 bits per heavy atom. The number of hydrogen-bond donors (Lipinski definition) is 1. The van der Waals surface area contributed by atoms with Gasteiger partial charge in [-0.3, -0.25) is 0 Å². The standard InChI is InChI=1S/C16H20ClFN2S/c1-4-19-14(9-16-20-10(2)11(3)21-16)7-12-5-6-13(18)8-15(12)17/h5-6,8,14,19H,4,7,9H2,1-3H3. The lowest BCUT2D eigenvalue weighted by atomic mass is 10.0. The zero-order chi connectivity index (χ0) is 15.4. The van der Waals surface area contributed by atoms with E-state index in [1.807, 2.05) is 6.92 Å². The fraction of sp³-hybridized carbons (Fsp3) is 0.438. The molecule has 1 N–H and O–H groups in total. The molecule has 1 heterocycles. The number of rotatable bonds is 6. The molecule has 0 aliphatic carbocycles. The molecule has 0 saturated heterocycles. The lowest BCUT2D eigenvalue weighted by molar-refractivity contribution is 0.519. The van der Waals surface area contributed by atoms with Gasteiger partial charge in [-0.2, -0.15) is 0 Å². The quantitative estimate of drug-likeness (QED) is 0.855. The van der Waals surface area contributed by atoms with E-state index < -0.39 is 0 Å². The Morgan fingerprint density at radius 3 is 2.67 bits per heavy atom. The molecule has 21 heavy (non-hydrogen) atoms. The average molecular weight is 327 g/mol. The minimum absolute atomic E-state index is 0.253. The van der Waals surface area contributed by atoms with Gasteiger partial charge in [0.05, 0.1) is 10.7 Å². The summed E-state index contributed by atoms with van der Waals surface area (Å²) in [5.41, 5.74) is 2.07. The number of aryl methyl sites for hydroxylation is 2. The summed E-state index contributed by atoms with van der Waals surface area (Å²) in [7, 11) is 0. The summed E-state index contributed by atoms with van der Waals surface area (Å²) in [6.07, 6.45) is 1.63. The van der Waals surface area contributed by atoms with Crippen LogP contribution < -0.4 is 5.32 Å². The third-order valence-electron chi connectivity index (χ3n) is 3.47. The van der Waals surface area contributed by atoms with Crippen molar-refractivity contribution in [3.63, 3.8) is 0 Å². The predicted molar refractivity (Wildman–Crippen MR) is 87.9 cm³/mol. The highest BCUT2D eigenvalue weighted by molar-refractivity contribution is 7.11. The largest absolute Gasteiger partial charge is 0.314 e. The molecule has 0 spiro atoms. The van der Waals surface area contributed by atoms with Gasteiger partial charge in [-0.1, -0.05) is 24.6 Å². The fourth-order valence-corrected chi connectivity index (χ4v) is 3.55. The lowest BCUT2D eigenvalue weighted by Gasteiger charge is -2.17. The molecule has 1 atom stereocenters. The van der Waals surface area contributed by atoms with Crippen molar-refractivity contribution in [2.45, 2.75) is 39.7 Å². The van der Waals surface area contributed by atoms with Gasteiger partial charge in [0.2, 0.25) is 0 Å². The molecule has 0 fully saturated rings.